The summed E-state index contributed by atoms with van der Waals surface area (Å²) >= 11 is 2.52. The fraction of sp³-hybridized carbons (Fsp3) is 0.211. The molecule has 1 fully saturated rings. The molecule has 1 aliphatic rings. The first-order chi connectivity index (χ1) is 14.5. The number of carbonyl (C=O) groups is 2. The molecule has 0 spiro atoms. The molecular weight excluding hydrogens is 433 g/mol. The van der Waals surface area contributed by atoms with E-state index in [0.717, 1.165) is 31.2 Å². The van der Waals surface area contributed by atoms with Crippen molar-refractivity contribution in [3.8, 4) is 5.75 Å². The van der Waals surface area contributed by atoms with Crippen LogP contribution in [0.2, 0.25) is 0 Å². The first kappa shape index (κ1) is 20.2. The molecule has 1 aromatic carbocycles. The monoisotopic (exact) mass is 447 g/mol. The number of anilines is 1. The Kier molecular flexibility index (Phi) is 5.91. The number of nitrogens with one attached hydrogen (secondary N) is 1. The van der Waals surface area contributed by atoms with Gasteiger partial charge in [0, 0.05) is 12.0 Å². The van der Waals surface area contributed by atoms with Gasteiger partial charge in [-0.15, -0.1) is 10.2 Å². The summed E-state index contributed by atoms with van der Waals surface area (Å²) in [6, 6.07) is 5.98. The summed E-state index contributed by atoms with van der Waals surface area (Å²) in [6.45, 7) is 0. The number of ether oxygens (including phenoxy) is 1. The van der Waals surface area contributed by atoms with Gasteiger partial charge in [0.25, 0.3) is 0 Å². The molecule has 0 saturated heterocycles. The standard InChI is InChI=1S/C19H14FN3O5S2/c20-12-5-3-11(4-6-12)17(26)28-15-8-27-13(7-14(15)24)9-29-19-23-22-18(30-19)21-16(25)10-1-2-10/h3-8,10H,1-2,9H2,(H,21,22,25). The SMILES string of the molecule is O=C(Oc1coc(CSc2nnc(NC(=O)C3CC3)s2)cc1=O)c1ccc(F)cc1. The second kappa shape index (κ2) is 8.76. The van der Waals surface area contributed by atoms with E-state index in [1.807, 2.05) is 0 Å². The average molecular weight is 447 g/mol. The second-order valence-electron chi connectivity index (χ2n) is 6.40. The molecule has 11 heteroatoms. The van der Waals surface area contributed by atoms with Crippen LogP contribution in [0.25, 0.3) is 0 Å². The maximum atomic E-state index is 12.9. The van der Waals surface area contributed by atoms with Crippen LogP contribution in [0.3, 0.4) is 0 Å². The third kappa shape index (κ3) is 5.10. The van der Waals surface area contributed by atoms with E-state index < -0.39 is 17.2 Å². The number of hydrogen-bond acceptors (Lipinski definition) is 9. The van der Waals surface area contributed by atoms with E-state index >= 15 is 0 Å². The highest BCUT2D eigenvalue weighted by Crippen LogP contribution is 2.32. The number of nitrogens with zero attached hydrogens (tertiary/aromatic N) is 2. The van der Waals surface area contributed by atoms with Crippen LogP contribution >= 0.6 is 23.1 Å². The van der Waals surface area contributed by atoms with Crippen LogP contribution in [-0.2, 0) is 10.5 Å². The summed E-state index contributed by atoms with van der Waals surface area (Å²) < 4.78 is 23.9. The number of amides is 1. The van der Waals surface area contributed by atoms with Gasteiger partial charge in [-0.1, -0.05) is 23.1 Å². The fourth-order valence-corrected chi connectivity index (χ4v) is 3.98. The van der Waals surface area contributed by atoms with E-state index in [2.05, 4.69) is 15.5 Å². The minimum absolute atomic E-state index is 0.0422. The molecule has 0 bridgehead atoms. The Balaban J connectivity index is 1.33. The van der Waals surface area contributed by atoms with Crippen molar-refractivity contribution in [3.05, 3.63) is 64.0 Å². The zero-order chi connectivity index (χ0) is 21.1. The molecule has 0 atom stereocenters. The third-order valence-corrected chi connectivity index (χ3v) is 6.05. The van der Waals surface area contributed by atoms with E-state index in [0.29, 0.717) is 21.0 Å². The van der Waals surface area contributed by atoms with E-state index in [1.54, 1.807) is 0 Å². The van der Waals surface area contributed by atoms with Crippen molar-refractivity contribution >= 4 is 40.1 Å². The predicted octanol–water partition coefficient (Wildman–Crippen LogP) is 3.49. The molecule has 3 aromatic rings. The fourth-order valence-electron chi connectivity index (χ4n) is 2.34. The van der Waals surface area contributed by atoms with Gasteiger partial charge in [-0.2, -0.15) is 0 Å². The Morgan fingerprint density at radius 2 is 2.03 bits per heavy atom. The number of benzene rings is 1. The van der Waals surface area contributed by atoms with Gasteiger partial charge in [-0.25, -0.2) is 9.18 Å². The Bertz CT molecular complexity index is 1140. The summed E-state index contributed by atoms with van der Waals surface area (Å²) in [4.78, 5) is 35.9. The number of thioether (sulfide) groups is 1. The molecular formula is C19H14FN3O5S2. The van der Waals surface area contributed by atoms with Gasteiger partial charge in [-0.3, -0.25) is 9.59 Å². The van der Waals surface area contributed by atoms with Gasteiger partial charge in [-0.05, 0) is 37.1 Å². The van der Waals surface area contributed by atoms with E-state index in [9.17, 15) is 18.8 Å². The topological polar surface area (TPSA) is 111 Å². The van der Waals surface area contributed by atoms with Crippen molar-refractivity contribution in [1.82, 2.24) is 10.2 Å². The van der Waals surface area contributed by atoms with Crippen LogP contribution in [0.1, 0.15) is 29.0 Å². The Morgan fingerprint density at radius 3 is 2.73 bits per heavy atom. The van der Waals surface area contributed by atoms with Crippen LogP contribution in [-0.4, -0.2) is 22.1 Å². The lowest BCUT2D eigenvalue weighted by Gasteiger charge is -2.04. The molecule has 1 aliphatic carbocycles. The molecule has 1 N–H and O–H groups in total. The summed E-state index contributed by atoms with van der Waals surface area (Å²) in [6.07, 6.45) is 2.86. The summed E-state index contributed by atoms with van der Waals surface area (Å²) in [5.74, 6) is -0.856. The van der Waals surface area contributed by atoms with E-state index in [1.165, 1.54) is 41.3 Å². The zero-order valence-electron chi connectivity index (χ0n) is 15.3. The lowest BCUT2D eigenvalue weighted by Crippen LogP contribution is -2.14. The minimum Gasteiger partial charge on any atom is -0.464 e. The average Bonchev–Trinajstić information content (AvgIpc) is 3.49. The molecule has 2 aromatic heterocycles. The normalized spacial score (nSPS) is 13.1. The number of rotatable bonds is 7. The Labute approximate surface area is 177 Å². The molecule has 4 rings (SSSR count). The summed E-state index contributed by atoms with van der Waals surface area (Å²) in [7, 11) is 0. The van der Waals surface area contributed by atoms with Crippen LogP contribution in [0.4, 0.5) is 9.52 Å². The minimum atomic E-state index is -0.793. The highest BCUT2D eigenvalue weighted by atomic mass is 32.2. The van der Waals surface area contributed by atoms with E-state index in [4.69, 9.17) is 9.15 Å². The van der Waals surface area contributed by atoms with Gasteiger partial charge in [0.1, 0.15) is 17.8 Å². The highest BCUT2D eigenvalue weighted by molar-refractivity contribution is 8.00. The first-order valence-electron chi connectivity index (χ1n) is 8.84. The lowest BCUT2D eigenvalue weighted by molar-refractivity contribution is -0.117. The van der Waals surface area contributed by atoms with Crippen molar-refractivity contribution in [2.24, 2.45) is 5.92 Å². The first-order valence-corrected chi connectivity index (χ1v) is 10.6. The molecule has 0 radical (unpaired) electrons. The van der Waals surface area contributed by atoms with Crippen LogP contribution in [0.15, 0.2) is 50.1 Å². The second-order valence-corrected chi connectivity index (χ2v) is 8.60. The summed E-state index contributed by atoms with van der Waals surface area (Å²) in [5, 5.41) is 11.1. The van der Waals surface area contributed by atoms with Crippen LogP contribution in [0.5, 0.6) is 5.75 Å². The molecule has 8 nitrogen and oxygen atoms in total. The Morgan fingerprint density at radius 1 is 1.27 bits per heavy atom. The number of esters is 1. The maximum Gasteiger partial charge on any atom is 0.343 e. The molecule has 0 aliphatic heterocycles. The lowest BCUT2D eigenvalue weighted by atomic mass is 10.2. The van der Waals surface area contributed by atoms with Gasteiger partial charge in [0.05, 0.1) is 11.3 Å². The van der Waals surface area contributed by atoms with Crippen LogP contribution in [0, 0.1) is 11.7 Å². The maximum absolute atomic E-state index is 12.9. The number of carbonyl (C=O) groups excluding carboxylic acids is 2. The van der Waals surface area contributed by atoms with Gasteiger partial charge >= 0.3 is 5.97 Å². The van der Waals surface area contributed by atoms with Gasteiger partial charge < -0.3 is 14.5 Å². The van der Waals surface area contributed by atoms with Gasteiger partial charge in [0.15, 0.2) is 4.34 Å². The van der Waals surface area contributed by atoms with Crippen LogP contribution < -0.4 is 15.5 Å². The number of halogens is 1. The smallest absolute Gasteiger partial charge is 0.343 e. The molecule has 1 amide bonds. The quantitative estimate of drug-likeness (QED) is 0.333. The molecule has 154 valence electrons. The van der Waals surface area contributed by atoms with Crippen molar-refractivity contribution in [2.45, 2.75) is 22.9 Å². The molecule has 0 unspecified atom stereocenters. The predicted molar refractivity (Wildman–Crippen MR) is 107 cm³/mol. The highest BCUT2D eigenvalue weighted by Gasteiger charge is 2.30. The largest absolute Gasteiger partial charge is 0.464 e. The molecule has 30 heavy (non-hydrogen) atoms. The number of hydrogen-bond donors (Lipinski definition) is 1. The van der Waals surface area contributed by atoms with E-state index in [-0.39, 0.29) is 23.1 Å². The van der Waals surface area contributed by atoms with Gasteiger partial charge in [0.2, 0.25) is 22.2 Å². The summed E-state index contributed by atoms with van der Waals surface area (Å²) in [5.41, 5.74) is -0.418. The molecule has 1 saturated carbocycles. The zero-order valence-corrected chi connectivity index (χ0v) is 16.9. The third-order valence-electron chi connectivity index (χ3n) is 4.06. The van der Waals surface area contributed by atoms with Crippen molar-refractivity contribution < 1.29 is 23.1 Å². The van der Waals surface area contributed by atoms with Crippen molar-refractivity contribution in [2.75, 3.05) is 5.32 Å². The van der Waals surface area contributed by atoms with Crippen molar-refractivity contribution in [3.63, 3.8) is 0 Å². The molecule has 2 heterocycles. The Hall–Kier alpha value is -3.05. The number of aromatic nitrogens is 2. The van der Waals surface area contributed by atoms with Crippen molar-refractivity contribution in [1.29, 1.82) is 0 Å².